The van der Waals surface area contributed by atoms with Crippen LogP contribution in [0, 0.1) is 5.41 Å². The first-order chi connectivity index (χ1) is 31.9. The number of nitrogens with one attached hydrogen (secondary N) is 2. The molecule has 2 fully saturated rings. The maximum atomic E-state index is 14.3. The van der Waals surface area contributed by atoms with Crippen molar-refractivity contribution in [1.29, 1.82) is 0 Å². The molecule has 0 spiro atoms. The van der Waals surface area contributed by atoms with Gasteiger partial charge in [0, 0.05) is 23.6 Å². The predicted molar refractivity (Wildman–Crippen MR) is 257 cm³/mol. The first kappa shape index (κ1) is 46.1. The van der Waals surface area contributed by atoms with Crippen LogP contribution in [-0.4, -0.2) is 81.1 Å². The Labute approximate surface area is 396 Å². The van der Waals surface area contributed by atoms with Gasteiger partial charge < -0.3 is 29.8 Å². The summed E-state index contributed by atoms with van der Waals surface area (Å²) < 4.78 is 11.6. The van der Waals surface area contributed by atoms with Gasteiger partial charge in [0.2, 0.25) is 12.5 Å². The Kier molecular flexibility index (Phi) is 13.9. The number of amides is 2. The smallest absolute Gasteiger partial charge is 0.347 e. The molecule has 0 aliphatic carbocycles. The zero-order valence-corrected chi connectivity index (χ0v) is 38.9. The van der Waals surface area contributed by atoms with E-state index >= 15 is 0 Å². The lowest BCUT2D eigenvalue weighted by atomic mass is 9.77. The number of ether oxygens (including phenoxy) is 2. The molecule has 8 rings (SSSR count). The van der Waals surface area contributed by atoms with E-state index in [-0.39, 0.29) is 29.6 Å². The number of alkyl halides is 1. The van der Waals surface area contributed by atoms with Crippen molar-refractivity contribution in [3.05, 3.63) is 191 Å². The average Bonchev–Trinajstić information content (AvgIpc) is 3.81. The summed E-state index contributed by atoms with van der Waals surface area (Å²) in [5.41, 5.74) is 1.41. The van der Waals surface area contributed by atoms with Crippen LogP contribution in [0.2, 0.25) is 0 Å². The number of hydrogen-bond donors (Lipinski definition) is 2. The predicted octanol–water partition coefficient (Wildman–Crippen LogP) is 8.57. The Balaban J connectivity index is 1.04. The summed E-state index contributed by atoms with van der Waals surface area (Å²) in [6.45, 7) is 4.60. The monoisotopic (exact) mass is 941 g/mol. The third-order valence-electron chi connectivity index (χ3n) is 11.2. The Morgan fingerprint density at radius 1 is 0.818 bits per heavy atom. The van der Waals surface area contributed by atoms with Crippen LogP contribution in [0.4, 0.5) is 5.13 Å². The van der Waals surface area contributed by atoms with Crippen LogP contribution in [0.25, 0.3) is 0 Å². The molecule has 0 bridgehead atoms. The van der Waals surface area contributed by atoms with Gasteiger partial charge in [-0.3, -0.25) is 14.4 Å². The fraction of sp³-hybridized carbons (Fsp3) is 0.255. The third-order valence-corrected chi connectivity index (χ3v) is 14.0. The van der Waals surface area contributed by atoms with E-state index in [0.717, 1.165) is 27.8 Å². The quantitative estimate of drug-likeness (QED) is 0.0242. The minimum Gasteiger partial charge on any atom is -0.457 e. The fourth-order valence-corrected chi connectivity index (χ4v) is 10.7. The lowest BCUT2D eigenvalue weighted by molar-refractivity contribution is -0.164. The van der Waals surface area contributed by atoms with E-state index in [4.69, 9.17) is 30.9 Å². The summed E-state index contributed by atoms with van der Waals surface area (Å²) in [4.78, 5) is 66.9. The summed E-state index contributed by atoms with van der Waals surface area (Å²) in [6.07, 6.45) is -0.690. The van der Waals surface area contributed by atoms with E-state index < -0.39 is 64.4 Å². The van der Waals surface area contributed by atoms with Crippen molar-refractivity contribution in [3.63, 3.8) is 0 Å². The number of hydrogen-bond acceptors (Lipinski definition) is 12. The number of carbonyl (C=O) groups excluding carboxylic acids is 4. The molecular weight excluding hydrogens is 894 g/mol. The van der Waals surface area contributed by atoms with E-state index in [2.05, 4.69) is 15.8 Å². The Hall–Kier alpha value is -6.48. The zero-order chi connectivity index (χ0) is 46.3. The van der Waals surface area contributed by atoms with Gasteiger partial charge in [-0.2, -0.15) is 0 Å². The first-order valence-corrected chi connectivity index (χ1v) is 23.8. The summed E-state index contributed by atoms with van der Waals surface area (Å²) >= 11 is 9.16. The molecule has 2 aliphatic heterocycles. The van der Waals surface area contributed by atoms with Crippen molar-refractivity contribution >= 4 is 69.3 Å². The lowest BCUT2D eigenvalue weighted by Crippen LogP contribution is -2.74. The molecule has 2 amide bonds. The average molecular weight is 943 g/mol. The lowest BCUT2D eigenvalue weighted by Gasteiger charge is -2.53. The number of rotatable bonds is 16. The number of thioether (sulfide) groups is 1. The van der Waals surface area contributed by atoms with Crippen molar-refractivity contribution in [1.82, 2.24) is 15.2 Å². The summed E-state index contributed by atoms with van der Waals surface area (Å²) in [5, 5.41) is 12.3. The van der Waals surface area contributed by atoms with Crippen LogP contribution in [0.3, 0.4) is 0 Å². The molecule has 15 heteroatoms. The molecule has 5 aromatic carbocycles. The van der Waals surface area contributed by atoms with Gasteiger partial charge in [-0.05, 0) is 48.6 Å². The number of aromatic nitrogens is 1. The van der Waals surface area contributed by atoms with Crippen molar-refractivity contribution in [2.45, 2.75) is 49.4 Å². The maximum Gasteiger partial charge on any atom is 0.347 e. The normalized spacial score (nSPS) is 18.4. The van der Waals surface area contributed by atoms with Gasteiger partial charge in [0.1, 0.15) is 33.7 Å². The van der Waals surface area contributed by atoms with Gasteiger partial charge in [-0.1, -0.05) is 157 Å². The topological polar surface area (TPSA) is 149 Å². The van der Waals surface area contributed by atoms with Gasteiger partial charge in [0.25, 0.3) is 5.91 Å². The second kappa shape index (κ2) is 19.9. The largest absolute Gasteiger partial charge is 0.457 e. The number of esters is 2. The van der Waals surface area contributed by atoms with Gasteiger partial charge in [-0.25, -0.2) is 9.78 Å². The maximum absolute atomic E-state index is 14.3. The van der Waals surface area contributed by atoms with Gasteiger partial charge in [-0.15, -0.1) is 34.7 Å². The number of fused-ring (bicyclic) bond motifs is 1. The molecule has 338 valence electrons. The molecule has 0 radical (unpaired) electrons. The van der Waals surface area contributed by atoms with Crippen molar-refractivity contribution in [2.24, 2.45) is 10.6 Å². The van der Waals surface area contributed by atoms with Crippen LogP contribution in [-0.2, 0) is 39.0 Å². The Morgan fingerprint density at radius 2 is 1.33 bits per heavy atom. The van der Waals surface area contributed by atoms with E-state index in [1.807, 2.05) is 152 Å². The van der Waals surface area contributed by atoms with Crippen LogP contribution >= 0.6 is 34.7 Å². The first-order valence-electron chi connectivity index (χ1n) is 21.3. The molecule has 12 nitrogen and oxygen atoms in total. The van der Waals surface area contributed by atoms with E-state index in [9.17, 15) is 19.2 Å². The van der Waals surface area contributed by atoms with Crippen LogP contribution in [0.15, 0.2) is 162 Å². The molecule has 2 saturated heterocycles. The molecule has 0 saturated carbocycles. The second-order valence-electron chi connectivity index (χ2n) is 17.0. The molecule has 3 atom stereocenters. The number of anilines is 1. The Bertz CT molecular complexity index is 2530. The molecule has 2 unspecified atom stereocenters. The summed E-state index contributed by atoms with van der Waals surface area (Å²) in [5.74, 6) is -2.22. The minimum atomic E-state index is -1.21. The molecule has 1 aromatic heterocycles. The number of halogens is 1. The van der Waals surface area contributed by atoms with Gasteiger partial charge >= 0.3 is 11.9 Å². The highest BCUT2D eigenvalue weighted by Crippen LogP contribution is 2.45. The fourth-order valence-electron chi connectivity index (χ4n) is 8.02. The van der Waals surface area contributed by atoms with E-state index in [1.54, 1.807) is 31.1 Å². The number of thiazole rings is 1. The number of oxime groups is 1. The minimum absolute atomic E-state index is 0.00155. The van der Waals surface area contributed by atoms with E-state index in [0.29, 0.717) is 5.13 Å². The molecule has 2 N–H and O–H groups in total. The third kappa shape index (κ3) is 9.86. The molecule has 2 aliphatic rings. The van der Waals surface area contributed by atoms with Gasteiger partial charge in [0.15, 0.2) is 16.9 Å². The number of carbonyl (C=O) groups is 4. The van der Waals surface area contributed by atoms with Crippen molar-refractivity contribution in [3.8, 4) is 0 Å². The number of benzene rings is 5. The highest BCUT2D eigenvalue weighted by atomic mass is 35.5. The Morgan fingerprint density at radius 3 is 1.83 bits per heavy atom. The van der Waals surface area contributed by atoms with Crippen LogP contribution in [0.5, 0.6) is 0 Å². The zero-order valence-electron chi connectivity index (χ0n) is 36.5. The summed E-state index contributed by atoms with van der Waals surface area (Å²) in [6, 6.07) is 47.9. The molecule has 3 heterocycles. The second-order valence-corrected chi connectivity index (χ2v) is 19.2. The number of β-lactam (4-membered cyclic amide) rings is 1. The van der Waals surface area contributed by atoms with Crippen LogP contribution in [0.1, 0.15) is 60.4 Å². The molecular formula is C51H48ClN5O7S2. The molecule has 66 heavy (non-hydrogen) atoms. The number of nitrogens with zero attached hydrogens (tertiary/aromatic N) is 3. The van der Waals surface area contributed by atoms with E-state index in [1.165, 1.54) is 23.1 Å². The van der Waals surface area contributed by atoms with Gasteiger partial charge in [0.05, 0.1) is 0 Å². The highest BCUT2D eigenvalue weighted by molar-refractivity contribution is 8.00. The SMILES string of the molecule is CC(C)(C)OC(=O)CON=C(C(=O)NC1C(=O)N2CC(CCl)(C(=O)OC(c3ccccc3)c3ccccc3)CS[C@H]12)c1csc(NC(c2ccccc2)(c2ccccc2)c2ccccc2)n1. The van der Waals surface area contributed by atoms with Crippen molar-refractivity contribution in [2.75, 3.05) is 30.1 Å². The summed E-state index contributed by atoms with van der Waals surface area (Å²) in [7, 11) is 0. The highest BCUT2D eigenvalue weighted by Gasteiger charge is 2.58. The standard InChI is InChI=1S/C51H48ClN5O7S2/c1-49(2,3)64-40(58)29-62-56-41(39-30-65-48(53-39)55-51(36-23-13-6-14-24-36,37-25-15-7-16-26-37)38-27-17-8-18-28-38)44(59)54-42-45(60)57-32-50(31-52,33-66-46(42)57)47(61)63-43(34-19-9-4-10-20-34)35-21-11-5-12-22-35/h4-28,30,42-43,46H,29,31-33H2,1-3H3,(H,53,55)(H,54,59)/t42?,46-,50?/m1/s1. The van der Waals surface area contributed by atoms with Crippen molar-refractivity contribution < 1.29 is 33.5 Å². The van der Waals surface area contributed by atoms with Crippen LogP contribution < -0.4 is 10.6 Å². The molecule has 6 aromatic rings.